The third-order valence-corrected chi connectivity index (χ3v) is 2.99. The van der Waals surface area contributed by atoms with Crippen LogP contribution in [0.5, 0.6) is 0 Å². The van der Waals surface area contributed by atoms with Crippen molar-refractivity contribution in [3.8, 4) is 0 Å². The minimum absolute atomic E-state index is 0.527. The molecule has 0 bridgehead atoms. The molecule has 0 spiro atoms. The smallest absolute Gasteiger partial charge is 0.0597 e. The molecule has 0 unspecified atom stereocenters. The van der Waals surface area contributed by atoms with E-state index in [1.807, 2.05) is 19.1 Å². The van der Waals surface area contributed by atoms with Crippen molar-refractivity contribution in [2.45, 2.75) is 33.2 Å². The summed E-state index contributed by atoms with van der Waals surface area (Å²) >= 11 is 0. The second-order valence-corrected chi connectivity index (χ2v) is 4.87. The highest BCUT2D eigenvalue weighted by atomic mass is 14.9. The Balaban J connectivity index is 2.11. The topological polar surface area (TPSA) is 24.9 Å². The van der Waals surface area contributed by atoms with Crippen molar-refractivity contribution in [1.82, 2.24) is 4.98 Å². The molecule has 1 heterocycles. The number of aryl methyl sites for hydroxylation is 1. The van der Waals surface area contributed by atoms with Gasteiger partial charge in [0.2, 0.25) is 0 Å². The van der Waals surface area contributed by atoms with Crippen molar-refractivity contribution >= 4 is 5.69 Å². The number of benzene rings is 1. The minimum Gasteiger partial charge on any atom is -0.379 e. The molecule has 0 aliphatic carbocycles. The van der Waals surface area contributed by atoms with Gasteiger partial charge in [0.1, 0.15) is 0 Å². The fourth-order valence-corrected chi connectivity index (χ4v) is 2.05. The van der Waals surface area contributed by atoms with Crippen molar-refractivity contribution < 1.29 is 0 Å². The lowest BCUT2D eigenvalue weighted by Crippen LogP contribution is -2.05. The quantitative estimate of drug-likeness (QED) is 0.869. The predicted octanol–water partition coefficient (Wildman–Crippen LogP) is 4.13. The highest BCUT2D eigenvalue weighted by Gasteiger charge is 2.05. The maximum Gasteiger partial charge on any atom is 0.0597 e. The molecule has 2 aromatic rings. The molecule has 0 atom stereocenters. The van der Waals surface area contributed by atoms with Gasteiger partial charge in [-0.1, -0.05) is 38.1 Å². The SMILES string of the molecule is Cc1cccc(CNc2ccccc2C(C)C)n1. The Morgan fingerprint density at radius 3 is 2.56 bits per heavy atom. The van der Waals surface area contributed by atoms with E-state index < -0.39 is 0 Å². The molecule has 1 aromatic heterocycles. The third kappa shape index (κ3) is 3.10. The van der Waals surface area contributed by atoms with Crippen LogP contribution >= 0.6 is 0 Å². The largest absolute Gasteiger partial charge is 0.379 e. The minimum atomic E-state index is 0.527. The molecule has 2 heteroatoms. The van der Waals surface area contributed by atoms with Crippen molar-refractivity contribution in [2.24, 2.45) is 0 Å². The van der Waals surface area contributed by atoms with Gasteiger partial charge in [0.15, 0.2) is 0 Å². The second kappa shape index (κ2) is 5.67. The fourth-order valence-electron chi connectivity index (χ4n) is 2.05. The maximum atomic E-state index is 4.50. The van der Waals surface area contributed by atoms with Gasteiger partial charge in [-0.3, -0.25) is 4.98 Å². The van der Waals surface area contributed by atoms with E-state index in [4.69, 9.17) is 0 Å². The number of rotatable bonds is 4. The summed E-state index contributed by atoms with van der Waals surface area (Å²) in [5.41, 5.74) is 4.70. The molecule has 0 saturated heterocycles. The molecular weight excluding hydrogens is 220 g/mol. The van der Waals surface area contributed by atoms with Crippen LogP contribution in [0.25, 0.3) is 0 Å². The van der Waals surface area contributed by atoms with Gasteiger partial charge in [0, 0.05) is 11.4 Å². The van der Waals surface area contributed by atoms with Crippen molar-refractivity contribution in [1.29, 1.82) is 0 Å². The van der Waals surface area contributed by atoms with Gasteiger partial charge in [-0.15, -0.1) is 0 Å². The maximum absolute atomic E-state index is 4.50. The van der Waals surface area contributed by atoms with E-state index in [0.717, 1.165) is 17.9 Å². The highest BCUT2D eigenvalue weighted by Crippen LogP contribution is 2.23. The van der Waals surface area contributed by atoms with Crippen LogP contribution in [0.4, 0.5) is 5.69 Å². The first-order valence-corrected chi connectivity index (χ1v) is 6.42. The zero-order valence-electron chi connectivity index (χ0n) is 11.3. The van der Waals surface area contributed by atoms with Crippen molar-refractivity contribution in [3.05, 3.63) is 59.4 Å². The number of hydrogen-bond donors (Lipinski definition) is 1. The van der Waals surface area contributed by atoms with Crippen LogP contribution in [0.1, 0.15) is 36.7 Å². The number of aromatic nitrogens is 1. The van der Waals surface area contributed by atoms with Gasteiger partial charge in [-0.2, -0.15) is 0 Å². The van der Waals surface area contributed by atoms with E-state index >= 15 is 0 Å². The Bertz CT molecular complexity index is 518. The summed E-state index contributed by atoms with van der Waals surface area (Å²) in [5, 5.41) is 3.48. The first-order chi connectivity index (χ1) is 8.66. The molecule has 1 N–H and O–H groups in total. The lowest BCUT2D eigenvalue weighted by atomic mass is 10.0. The average Bonchev–Trinajstić information content (AvgIpc) is 2.37. The van der Waals surface area contributed by atoms with Crippen LogP contribution in [-0.4, -0.2) is 4.98 Å². The Labute approximate surface area is 109 Å². The fraction of sp³-hybridized carbons (Fsp3) is 0.312. The standard InChI is InChI=1S/C16H20N2/c1-12(2)15-9-4-5-10-16(15)17-11-14-8-6-7-13(3)18-14/h4-10,12,17H,11H2,1-3H3. The zero-order valence-corrected chi connectivity index (χ0v) is 11.3. The molecule has 1 aromatic carbocycles. The van der Waals surface area contributed by atoms with Crippen LogP contribution in [0.3, 0.4) is 0 Å². The summed E-state index contributed by atoms with van der Waals surface area (Å²) in [6, 6.07) is 14.6. The highest BCUT2D eigenvalue weighted by molar-refractivity contribution is 5.52. The molecule has 2 rings (SSSR count). The molecule has 0 fully saturated rings. The van der Waals surface area contributed by atoms with Crippen LogP contribution < -0.4 is 5.32 Å². The van der Waals surface area contributed by atoms with Crippen LogP contribution in [0.15, 0.2) is 42.5 Å². The molecule has 94 valence electrons. The summed E-state index contributed by atoms with van der Waals surface area (Å²) in [5.74, 6) is 0.527. The van der Waals surface area contributed by atoms with Gasteiger partial charge in [0.25, 0.3) is 0 Å². The van der Waals surface area contributed by atoms with Crippen molar-refractivity contribution in [2.75, 3.05) is 5.32 Å². The number of nitrogens with one attached hydrogen (secondary N) is 1. The van der Waals surface area contributed by atoms with E-state index in [9.17, 15) is 0 Å². The van der Waals surface area contributed by atoms with E-state index in [-0.39, 0.29) is 0 Å². The summed E-state index contributed by atoms with van der Waals surface area (Å²) in [4.78, 5) is 4.50. The Kier molecular flexibility index (Phi) is 3.98. The van der Waals surface area contributed by atoms with Gasteiger partial charge in [0.05, 0.1) is 12.2 Å². The van der Waals surface area contributed by atoms with E-state index in [0.29, 0.717) is 5.92 Å². The summed E-state index contributed by atoms with van der Waals surface area (Å²) in [6.45, 7) is 7.22. The summed E-state index contributed by atoms with van der Waals surface area (Å²) < 4.78 is 0. The number of nitrogens with zero attached hydrogens (tertiary/aromatic N) is 1. The predicted molar refractivity (Wildman–Crippen MR) is 76.8 cm³/mol. The van der Waals surface area contributed by atoms with Gasteiger partial charge < -0.3 is 5.32 Å². The molecule has 0 aliphatic rings. The first kappa shape index (κ1) is 12.6. The number of anilines is 1. The molecule has 0 saturated carbocycles. The van der Waals surface area contributed by atoms with Gasteiger partial charge in [-0.25, -0.2) is 0 Å². The number of pyridine rings is 1. The third-order valence-electron chi connectivity index (χ3n) is 2.99. The number of para-hydroxylation sites is 1. The van der Waals surface area contributed by atoms with Crippen LogP contribution in [0, 0.1) is 6.92 Å². The van der Waals surface area contributed by atoms with E-state index in [2.05, 4.69) is 54.5 Å². The lowest BCUT2D eigenvalue weighted by Gasteiger charge is -2.14. The normalized spacial score (nSPS) is 10.7. The van der Waals surface area contributed by atoms with E-state index in [1.165, 1.54) is 11.3 Å². The second-order valence-electron chi connectivity index (χ2n) is 4.87. The summed E-state index contributed by atoms with van der Waals surface area (Å²) in [7, 11) is 0. The molecule has 0 aliphatic heterocycles. The molecular formula is C16H20N2. The Morgan fingerprint density at radius 2 is 1.83 bits per heavy atom. The van der Waals surface area contributed by atoms with E-state index in [1.54, 1.807) is 0 Å². The van der Waals surface area contributed by atoms with Crippen molar-refractivity contribution in [3.63, 3.8) is 0 Å². The van der Waals surface area contributed by atoms with Crippen LogP contribution in [0.2, 0.25) is 0 Å². The first-order valence-electron chi connectivity index (χ1n) is 6.42. The molecule has 0 amide bonds. The van der Waals surface area contributed by atoms with Crippen LogP contribution in [-0.2, 0) is 6.54 Å². The number of hydrogen-bond acceptors (Lipinski definition) is 2. The molecule has 0 radical (unpaired) electrons. The zero-order chi connectivity index (χ0) is 13.0. The monoisotopic (exact) mass is 240 g/mol. The average molecular weight is 240 g/mol. The lowest BCUT2D eigenvalue weighted by molar-refractivity contribution is 0.864. The summed E-state index contributed by atoms with van der Waals surface area (Å²) in [6.07, 6.45) is 0. The van der Waals surface area contributed by atoms with Gasteiger partial charge >= 0.3 is 0 Å². The Hall–Kier alpha value is -1.83. The Morgan fingerprint density at radius 1 is 1.06 bits per heavy atom. The van der Waals surface area contributed by atoms with Gasteiger partial charge in [-0.05, 0) is 36.6 Å². The molecule has 18 heavy (non-hydrogen) atoms. The molecule has 2 nitrogen and oxygen atoms in total.